The quantitative estimate of drug-likeness (QED) is 0.917. The molecule has 0 saturated carbocycles. The average molecular weight is 271 g/mol. The molecule has 0 bridgehead atoms. The molecule has 0 radical (unpaired) electrons. The summed E-state index contributed by atoms with van der Waals surface area (Å²) in [5.41, 5.74) is 1.10. The van der Waals surface area contributed by atoms with Crippen LogP contribution in [0.3, 0.4) is 0 Å². The number of aryl methyl sites for hydroxylation is 2. The van der Waals surface area contributed by atoms with Gasteiger partial charge in [-0.3, -0.25) is 0 Å². The zero-order chi connectivity index (χ0) is 12.4. The Labute approximate surface area is 110 Å². The lowest BCUT2D eigenvalue weighted by Gasteiger charge is -2.11. The van der Waals surface area contributed by atoms with Crippen LogP contribution in [0.1, 0.15) is 34.3 Å². The van der Waals surface area contributed by atoms with Crippen molar-refractivity contribution in [3.63, 3.8) is 0 Å². The molecule has 2 aromatic heterocycles. The number of hydrogen-bond donors (Lipinski definition) is 1. The molecule has 0 aliphatic rings. The van der Waals surface area contributed by atoms with E-state index in [2.05, 4.69) is 17.2 Å². The van der Waals surface area contributed by atoms with Gasteiger partial charge in [-0.05, 0) is 44.5 Å². The highest BCUT2D eigenvalue weighted by atomic mass is 35.5. The van der Waals surface area contributed by atoms with Crippen molar-refractivity contribution in [1.82, 2.24) is 10.3 Å². The number of aromatic nitrogens is 1. The van der Waals surface area contributed by atoms with E-state index in [1.807, 2.05) is 19.9 Å². The molecule has 2 heterocycles. The summed E-state index contributed by atoms with van der Waals surface area (Å²) in [6, 6.07) is 3.91. The zero-order valence-electron chi connectivity index (χ0n) is 10.1. The molecule has 3 nitrogen and oxygen atoms in total. The molecule has 2 rings (SSSR count). The van der Waals surface area contributed by atoms with E-state index in [9.17, 15) is 0 Å². The summed E-state index contributed by atoms with van der Waals surface area (Å²) in [6.45, 7) is 6.87. The predicted molar refractivity (Wildman–Crippen MR) is 70.6 cm³/mol. The van der Waals surface area contributed by atoms with Gasteiger partial charge < -0.3 is 9.73 Å². The first kappa shape index (κ1) is 12.6. The molecule has 5 heteroatoms. The van der Waals surface area contributed by atoms with Crippen molar-refractivity contribution in [2.45, 2.75) is 33.4 Å². The number of halogens is 1. The Kier molecular flexibility index (Phi) is 3.86. The van der Waals surface area contributed by atoms with Crippen molar-refractivity contribution in [3.8, 4) is 0 Å². The van der Waals surface area contributed by atoms with Crippen LogP contribution < -0.4 is 5.32 Å². The topological polar surface area (TPSA) is 38.1 Å². The van der Waals surface area contributed by atoms with E-state index in [4.69, 9.17) is 16.0 Å². The molecule has 17 heavy (non-hydrogen) atoms. The Hall–Kier alpha value is -0.840. The lowest BCUT2D eigenvalue weighted by Crippen LogP contribution is -2.17. The molecule has 2 aromatic rings. The summed E-state index contributed by atoms with van der Waals surface area (Å²) in [5, 5.41) is 4.93. The lowest BCUT2D eigenvalue weighted by molar-refractivity contribution is 0.463. The highest BCUT2D eigenvalue weighted by Gasteiger charge is 2.12. The molecule has 0 aliphatic heterocycles. The van der Waals surface area contributed by atoms with Crippen LogP contribution in [0.4, 0.5) is 0 Å². The van der Waals surface area contributed by atoms with Crippen molar-refractivity contribution in [2.75, 3.05) is 0 Å². The summed E-state index contributed by atoms with van der Waals surface area (Å²) in [5.74, 6) is 0.848. The number of nitrogens with one attached hydrogen (secondary N) is 1. The number of rotatable bonds is 4. The van der Waals surface area contributed by atoms with Gasteiger partial charge in [-0.15, -0.1) is 11.3 Å². The Morgan fingerprint density at radius 1 is 1.47 bits per heavy atom. The van der Waals surface area contributed by atoms with E-state index in [-0.39, 0.29) is 6.04 Å². The summed E-state index contributed by atoms with van der Waals surface area (Å²) in [4.78, 5) is 5.70. The van der Waals surface area contributed by atoms with E-state index >= 15 is 0 Å². The van der Waals surface area contributed by atoms with Gasteiger partial charge in [0.15, 0.2) is 5.22 Å². The number of furan rings is 1. The van der Waals surface area contributed by atoms with Gasteiger partial charge in [-0.1, -0.05) is 0 Å². The van der Waals surface area contributed by atoms with Crippen LogP contribution in [0.2, 0.25) is 5.22 Å². The van der Waals surface area contributed by atoms with E-state index in [0.717, 1.165) is 16.5 Å². The van der Waals surface area contributed by atoms with Gasteiger partial charge in [0.2, 0.25) is 0 Å². The zero-order valence-corrected chi connectivity index (χ0v) is 11.7. The molecule has 0 spiro atoms. The Bertz CT molecular complexity index is 506. The second kappa shape index (κ2) is 5.21. The van der Waals surface area contributed by atoms with Gasteiger partial charge >= 0.3 is 0 Å². The number of hydrogen-bond acceptors (Lipinski definition) is 4. The number of nitrogens with zero attached hydrogens (tertiary/aromatic N) is 1. The first-order chi connectivity index (χ1) is 8.06. The molecule has 92 valence electrons. The fourth-order valence-corrected chi connectivity index (χ4v) is 2.86. The average Bonchev–Trinajstić information content (AvgIpc) is 2.81. The van der Waals surface area contributed by atoms with Gasteiger partial charge in [0, 0.05) is 10.9 Å². The van der Waals surface area contributed by atoms with E-state index < -0.39 is 0 Å². The monoisotopic (exact) mass is 270 g/mol. The van der Waals surface area contributed by atoms with E-state index in [1.54, 1.807) is 17.4 Å². The summed E-state index contributed by atoms with van der Waals surface area (Å²) >= 11 is 7.45. The fourth-order valence-electron chi connectivity index (χ4n) is 1.74. The smallest absolute Gasteiger partial charge is 0.193 e. The highest BCUT2D eigenvalue weighted by Crippen LogP contribution is 2.24. The van der Waals surface area contributed by atoms with Crippen molar-refractivity contribution in [2.24, 2.45) is 0 Å². The third-order valence-electron chi connectivity index (χ3n) is 2.54. The molecule has 1 unspecified atom stereocenters. The minimum Gasteiger partial charge on any atom is -0.448 e. The Balaban J connectivity index is 1.97. The van der Waals surface area contributed by atoms with Crippen LogP contribution in [0.25, 0.3) is 0 Å². The largest absolute Gasteiger partial charge is 0.448 e. The van der Waals surface area contributed by atoms with Crippen molar-refractivity contribution >= 4 is 22.9 Å². The molecule has 0 saturated heterocycles. The van der Waals surface area contributed by atoms with Crippen molar-refractivity contribution < 1.29 is 4.42 Å². The molecule has 1 atom stereocenters. The first-order valence-electron chi connectivity index (χ1n) is 5.48. The van der Waals surface area contributed by atoms with Crippen LogP contribution in [0, 0.1) is 13.8 Å². The fraction of sp³-hybridized carbons (Fsp3) is 0.417. The third-order valence-corrected chi connectivity index (χ3v) is 4.00. The minimum atomic E-state index is 0.269. The van der Waals surface area contributed by atoms with Crippen molar-refractivity contribution in [1.29, 1.82) is 0 Å². The predicted octanol–water partition coefficient (Wildman–Crippen LogP) is 3.86. The Morgan fingerprint density at radius 2 is 2.24 bits per heavy atom. The SMILES string of the molecule is Cc1nc(C)c(C(C)NCc2ccc(Cl)o2)s1. The van der Waals surface area contributed by atoms with Gasteiger partial charge in [0.1, 0.15) is 5.76 Å². The second-order valence-electron chi connectivity index (χ2n) is 3.99. The maximum Gasteiger partial charge on any atom is 0.193 e. The van der Waals surface area contributed by atoms with Gasteiger partial charge in [-0.2, -0.15) is 0 Å². The van der Waals surface area contributed by atoms with Crippen molar-refractivity contribution in [3.05, 3.63) is 38.7 Å². The molecule has 0 aliphatic carbocycles. The first-order valence-corrected chi connectivity index (χ1v) is 6.67. The second-order valence-corrected chi connectivity index (χ2v) is 5.60. The molecule has 0 aromatic carbocycles. The summed E-state index contributed by atoms with van der Waals surface area (Å²) < 4.78 is 5.30. The van der Waals surface area contributed by atoms with Crippen LogP contribution >= 0.6 is 22.9 Å². The van der Waals surface area contributed by atoms with E-state index in [1.165, 1.54) is 4.88 Å². The molecule has 0 amide bonds. The molecule has 1 N–H and O–H groups in total. The lowest BCUT2D eigenvalue weighted by atomic mass is 10.2. The third kappa shape index (κ3) is 3.09. The summed E-state index contributed by atoms with van der Waals surface area (Å²) in [7, 11) is 0. The maximum absolute atomic E-state index is 5.72. The van der Waals surface area contributed by atoms with Crippen LogP contribution in [-0.2, 0) is 6.54 Å². The number of thiazole rings is 1. The van der Waals surface area contributed by atoms with Gasteiger partial charge in [0.05, 0.1) is 17.2 Å². The maximum atomic E-state index is 5.72. The normalized spacial score (nSPS) is 12.9. The van der Waals surface area contributed by atoms with Crippen LogP contribution in [0.15, 0.2) is 16.5 Å². The van der Waals surface area contributed by atoms with Gasteiger partial charge in [0.25, 0.3) is 0 Å². The molecular weight excluding hydrogens is 256 g/mol. The molecular formula is C12H15ClN2OS. The molecule has 0 fully saturated rings. The van der Waals surface area contributed by atoms with E-state index in [0.29, 0.717) is 11.8 Å². The van der Waals surface area contributed by atoms with Crippen LogP contribution in [-0.4, -0.2) is 4.98 Å². The van der Waals surface area contributed by atoms with Crippen LogP contribution in [0.5, 0.6) is 0 Å². The Morgan fingerprint density at radius 3 is 2.76 bits per heavy atom. The standard InChI is InChI=1S/C12H15ClN2OS/c1-7(12-8(2)15-9(3)17-12)14-6-10-4-5-11(13)16-10/h4-5,7,14H,6H2,1-3H3. The summed E-state index contributed by atoms with van der Waals surface area (Å²) in [6.07, 6.45) is 0. The highest BCUT2D eigenvalue weighted by molar-refractivity contribution is 7.11. The van der Waals surface area contributed by atoms with Gasteiger partial charge in [-0.25, -0.2) is 4.98 Å². The minimum absolute atomic E-state index is 0.269.